The van der Waals surface area contributed by atoms with Gasteiger partial charge in [0.2, 0.25) is 5.82 Å². The topological polar surface area (TPSA) is 106 Å². The second-order valence-electron chi connectivity index (χ2n) is 9.23. The predicted octanol–water partition coefficient (Wildman–Crippen LogP) is 7.09. The van der Waals surface area contributed by atoms with E-state index in [1.807, 2.05) is 51.1 Å². The number of hydrogen-bond acceptors (Lipinski definition) is 6. The third kappa shape index (κ3) is 5.68. The normalized spacial score (nSPS) is 11.1. The molecule has 5 rings (SSSR count). The third-order valence-corrected chi connectivity index (χ3v) is 6.00. The molecule has 0 aliphatic rings. The summed E-state index contributed by atoms with van der Waals surface area (Å²) >= 11 is 0. The van der Waals surface area contributed by atoms with Crippen molar-refractivity contribution in [3.8, 4) is 17.2 Å². The van der Waals surface area contributed by atoms with Crippen LogP contribution in [0.1, 0.15) is 32.4 Å². The molecule has 0 aliphatic carbocycles. The minimum Gasteiger partial charge on any atom is -0.454 e. The van der Waals surface area contributed by atoms with Crippen LogP contribution in [-0.4, -0.2) is 32.3 Å². The highest BCUT2D eigenvalue weighted by Gasteiger charge is 2.19. The first-order valence-corrected chi connectivity index (χ1v) is 12.7. The van der Waals surface area contributed by atoms with E-state index in [9.17, 15) is 13.6 Å². The number of anilines is 3. The van der Waals surface area contributed by atoms with E-state index in [2.05, 4.69) is 31.0 Å². The molecule has 0 unspecified atom stereocenters. The van der Waals surface area contributed by atoms with Crippen molar-refractivity contribution in [3.05, 3.63) is 90.4 Å². The van der Waals surface area contributed by atoms with Crippen molar-refractivity contribution in [3.63, 3.8) is 0 Å². The summed E-state index contributed by atoms with van der Waals surface area (Å²) in [6, 6.07) is 15.9. The zero-order valence-corrected chi connectivity index (χ0v) is 22.1. The van der Waals surface area contributed by atoms with Gasteiger partial charge in [0, 0.05) is 36.5 Å². The van der Waals surface area contributed by atoms with Crippen LogP contribution in [0.25, 0.3) is 16.6 Å². The van der Waals surface area contributed by atoms with Crippen LogP contribution in [0, 0.1) is 11.6 Å². The Balaban J connectivity index is 1.35. The molecule has 9 nitrogen and oxygen atoms in total. The van der Waals surface area contributed by atoms with Gasteiger partial charge in [0.05, 0.1) is 22.6 Å². The first kappa shape index (κ1) is 26.5. The molecular weight excluding hydrogens is 516 g/mol. The van der Waals surface area contributed by atoms with Gasteiger partial charge in [-0.2, -0.15) is 9.49 Å². The molecule has 5 aromatic rings. The summed E-state index contributed by atoms with van der Waals surface area (Å²) in [7, 11) is 0. The number of urea groups is 1. The Kier molecular flexibility index (Phi) is 7.54. The zero-order valence-electron chi connectivity index (χ0n) is 22.1. The Morgan fingerprint density at radius 1 is 0.975 bits per heavy atom. The van der Waals surface area contributed by atoms with Gasteiger partial charge in [-0.3, -0.25) is 10.3 Å². The molecule has 3 aromatic heterocycles. The molecule has 204 valence electrons. The molecular formula is C29H27F2N7O2. The molecule has 3 N–H and O–H groups in total. The molecule has 0 radical (unpaired) electrons. The number of rotatable bonds is 8. The lowest BCUT2D eigenvalue weighted by molar-refractivity contribution is 0.262. The van der Waals surface area contributed by atoms with Crippen molar-refractivity contribution in [2.45, 2.75) is 26.7 Å². The number of aromatic nitrogens is 4. The lowest BCUT2D eigenvalue weighted by Crippen LogP contribution is -2.22. The minimum absolute atomic E-state index is 0.0836. The largest absolute Gasteiger partial charge is 0.454 e. The van der Waals surface area contributed by atoms with Gasteiger partial charge in [-0.05, 0) is 55.3 Å². The molecule has 3 heterocycles. The number of nitrogens with zero attached hydrogens (tertiary/aromatic N) is 4. The number of carbonyl (C=O) groups is 1. The van der Waals surface area contributed by atoms with Crippen LogP contribution in [0.3, 0.4) is 0 Å². The SMILES string of the molecule is CCNc1cc(Oc2ccc(NC(=O)Nc3cc(C(C)C)nn3-c3ccc4ncccc4c3)c(F)c2F)ccn1. The summed E-state index contributed by atoms with van der Waals surface area (Å²) < 4.78 is 36.9. The summed E-state index contributed by atoms with van der Waals surface area (Å²) in [5.74, 6) is -1.57. The first-order chi connectivity index (χ1) is 19.3. The van der Waals surface area contributed by atoms with Crippen LogP contribution in [0.2, 0.25) is 0 Å². The van der Waals surface area contributed by atoms with Gasteiger partial charge in [0.25, 0.3) is 0 Å². The second-order valence-corrected chi connectivity index (χ2v) is 9.23. The lowest BCUT2D eigenvalue weighted by Gasteiger charge is -2.13. The highest BCUT2D eigenvalue weighted by Crippen LogP contribution is 2.31. The molecule has 40 heavy (non-hydrogen) atoms. The molecule has 0 aliphatic heterocycles. The van der Waals surface area contributed by atoms with E-state index in [-0.39, 0.29) is 23.1 Å². The predicted molar refractivity (Wildman–Crippen MR) is 150 cm³/mol. The fourth-order valence-electron chi connectivity index (χ4n) is 4.02. The Labute approximate surface area is 229 Å². The number of benzene rings is 2. The molecule has 0 spiro atoms. The van der Waals surface area contributed by atoms with Crippen molar-refractivity contribution >= 4 is 34.3 Å². The van der Waals surface area contributed by atoms with E-state index in [4.69, 9.17) is 4.74 Å². The summed E-state index contributed by atoms with van der Waals surface area (Å²) in [6.07, 6.45) is 3.21. The van der Waals surface area contributed by atoms with Crippen LogP contribution >= 0.6 is 0 Å². The number of pyridine rings is 2. The number of halogens is 2. The maximum atomic E-state index is 14.9. The van der Waals surface area contributed by atoms with Crippen LogP contribution < -0.4 is 20.7 Å². The Bertz CT molecular complexity index is 1690. The molecule has 11 heteroatoms. The minimum atomic E-state index is -1.26. The van der Waals surface area contributed by atoms with Gasteiger partial charge >= 0.3 is 6.03 Å². The maximum absolute atomic E-state index is 14.9. The second kappa shape index (κ2) is 11.4. The van der Waals surface area contributed by atoms with Gasteiger partial charge in [-0.15, -0.1) is 0 Å². The summed E-state index contributed by atoms with van der Waals surface area (Å²) in [6.45, 7) is 6.51. The average Bonchev–Trinajstić information content (AvgIpc) is 3.37. The van der Waals surface area contributed by atoms with Gasteiger partial charge < -0.3 is 15.4 Å². The summed E-state index contributed by atoms with van der Waals surface area (Å²) in [5, 5.41) is 13.6. The number of carbonyl (C=O) groups excluding carboxylic acids is 1. The van der Waals surface area contributed by atoms with Gasteiger partial charge in [-0.1, -0.05) is 19.9 Å². The number of ether oxygens (including phenoxy) is 1. The molecule has 2 aromatic carbocycles. The van der Waals surface area contributed by atoms with Crippen LogP contribution in [0.5, 0.6) is 11.5 Å². The highest BCUT2D eigenvalue weighted by atomic mass is 19.2. The van der Waals surface area contributed by atoms with E-state index >= 15 is 0 Å². The Morgan fingerprint density at radius 2 is 1.82 bits per heavy atom. The molecule has 0 fully saturated rings. The fraction of sp³-hybridized carbons (Fsp3) is 0.172. The third-order valence-electron chi connectivity index (χ3n) is 6.00. The molecule has 2 amide bonds. The standard InChI is InChI=1S/C29H27F2N7O2/c1-4-32-25-15-20(11-13-34-25)40-24-10-9-22(27(30)28(24)31)35-29(39)36-26-16-23(17(2)3)37-38(26)19-7-8-21-18(14-19)6-5-12-33-21/h5-17H,4H2,1-3H3,(H,32,34)(H2,35,36,39). The van der Waals surface area contributed by atoms with E-state index < -0.39 is 17.7 Å². The monoisotopic (exact) mass is 543 g/mol. The number of fused-ring (bicyclic) bond motifs is 1. The van der Waals surface area contributed by atoms with Gasteiger partial charge in [-0.25, -0.2) is 18.9 Å². The van der Waals surface area contributed by atoms with Crippen molar-refractivity contribution in [1.82, 2.24) is 19.7 Å². The molecule has 0 bridgehead atoms. The number of hydrogen-bond donors (Lipinski definition) is 3. The molecule has 0 atom stereocenters. The van der Waals surface area contributed by atoms with E-state index in [0.29, 0.717) is 23.9 Å². The van der Waals surface area contributed by atoms with E-state index in [1.165, 1.54) is 24.4 Å². The smallest absolute Gasteiger partial charge is 0.324 e. The summed E-state index contributed by atoms with van der Waals surface area (Å²) in [5.41, 5.74) is 1.92. The van der Waals surface area contributed by atoms with Crippen molar-refractivity contribution in [1.29, 1.82) is 0 Å². The maximum Gasteiger partial charge on any atom is 0.324 e. The van der Waals surface area contributed by atoms with Crippen molar-refractivity contribution in [2.24, 2.45) is 0 Å². The van der Waals surface area contributed by atoms with Crippen molar-refractivity contribution in [2.75, 3.05) is 22.5 Å². The van der Waals surface area contributed by atoms with E-state index in [0.717, 1.165) is 16.6 Å². The van der Waals surface area contributed by atoms with Crippen molar-refractivity contribution < 1.29 is 18.3 Å². The van der Waals surface area contributed by atoms with Crippen LogP contribution in [-0.2, 0) is 0 Å². The van der Waals surface area contributed by atoms with E-state index in [1.54, 1.807) is 23.0 Å². The van der Waals surface area contributed by atoms with Gasteiger partial charge in [0.15, 0.2) is 11.6 Å². The highest BCUT2D eigenvalue weighted by molar-refractivity contribution is 5.99. The number of nitrogens with one attached hydrogen (secondary N) is 3. The Hall–Kier alpha value is -5.06. The first-order valence-electron chi connectivity index (χ1n) is 12.7. The quantitative estimate of drug-likeness (QED) is 0.193. The van der Waals surface area contributed by atoms with Crippen LogP contribution in [0.4, 0.5) is 30.9 Å². The summed E-state index contributed by atoms with van der Waals surface area (Å²) in [4.78, 5) is 21.3. The molecule has 0 saturated heterocycles. The number of amides is 2. The fourth-order valence-corrected chi connectivity index (χ4v) is 4.02. The Morgan fingerprint density at radius 3 is 2.62 bits per heavy atom. The lowest BCUT2D eigenvalue weighted by atomic mass is 10.1. The average molecular weight is 544 g/mol. The zero-order chi connectivity index (χ0) is 28.2. The van der Waals surface area contributed by atoms with Crippen LogP contribution in [0.15, 0.2) is 73.1 Å². The molecule has 0 saturated carbocycles. The van der Waals surface area contributed by atoms with Gasteiger partial charge in [0.1, 0.15) is 17.4 Å².